The summed E-state index contributed by atoms with van der Waals surface area (Å²) in [6.07, 6.45) is -7.76. The molecule has 0 aliphatic rings. The van der Waals surface area contributed by atoms with Crippen LogP contribution in [-0.2, 0) is 6.18 Å². The van der Waals surface area contributed by atoms with Gasteiger partial charge in [-0.3, -0.25) is 4.79 Å². The van der Waals surface area contributed by atoms with E-state index < -0.39 is 55.1 Å². The standard InChI is InChI=1S/C12H11F6NO2/c13-9-2-1-7(12(16,17)18)5-8(9)11(21)19(3-4-20)6-10(14)15/h1-2,5,10,20H,3-4,6H2. The maximum atomic E-state index is 13.5. The van der Waals surface area contributed by atoms with Crippen LogP contribution >= 0.6 is 0 Å². The second kappa shape index (κ2) is 6.79. The normalized spacial score (nSPS) is 11.8. The zero-order valence-electron chi connectivity index (χ0n) is 10.5. The minimum Gasteiger partial charge on any atom is -0.395 e. The fourth-order valence-electron chi connectivity index (χ4n) is 1.60. The summed E-state index contributed by atoms with van der Waals surface area (Å²) in [5.41, 5.74) is -2.24. The number of rotatable bonds is 5. The third kappa shape index (κ3) is 4.62. The number of carbonyl (C=O) groups excluding carboxylic acids is 1. The topological polar surface area (TPSA) is 40.5 Å². The molecule has 0 unspecified atom stereocenters. The van der Waals surface area contributed by atoms with Gasteiger partial charge in [-0.25, -0.2) is 13.2 Å². The van der Waals surface area contributed by atoms with Crippen molar-refractivity contribution in [3.05, 3.63) is 35.1 Å². The van der Waals surface area contributed by atoms with Crippen molar-refractivity contribution in [2.24, 2.45) is 0 Å². The van der Waals surface area contributed by atoms with Gasteiger partial charge < -0.3 is 10.0 Å². The van der Waals surface area contributed by atoms with E-state index in [1.54, 1.807) is 0 Å². The molecule has 0 saturated carbocycles. The molecule has 1 aromatic rings. The van der Waals surface area contributed by atoms with Crippen LogP contribution in [0.5, 0.6) is 0 Å². The van der Waals surface area contributed by atoms with Gasteiger partial charge >= 0.3 is 6.18 Å². The summed E-state index contributed by atoms with van der Waals surface area (Å²) >= 11 is 0. The van der Waals surface area contributed by atoms with Crippen molar-refractivity contribution in [1.29, 1.82) is 0 Å². The summed E-state index contributed by atoms with van der Waals surface area (Å²) in [6.45, 7) is -2.34. The lowest BCUT2D eigenvalue weighted by Crippen LogP contribution is -2.37. The Hall–Kier alpha value is -1.77. The quantitative estimate of drug-likeness (QED) is 0.848. The van der Waals surface area contributed by atoms with Crippen molar-refractivity contribution in [3.8, 4) is 0 Å². The molecular weight excluding hydrogens is 304 g/mol. The number of aliphatic hydroxyl groups is 1. The summed E-state index contributed by atoms with van der Waals surface area (Å²) in [7, 11) is 0. The smallest absolute Gasteiger partial charge is 0.395 e. The number of halogens is 6. The van der Waals surface area contributed by atoms with Gasteiger partial charge in [-0.15, -0.1) is 0 Å². The van der Waals surface area contributed by atoms with Crippen LogP contribution in [-0.4, -0.2) is 42.0 Å². The highest BCUT2D eigenvalue weighted by atomic mass is 19.4. The van der Waals surface area contributed by atoms with E-state index in [1.165, 1.54) is 0 Å². The second-order valence-electron chi connectivity index (χ2n) is 4.06. The molecule has 0 bridgehead atoms. The Kier molecular flexibility index (Phi) is 5.59. The molecule has 0 spiro atoms. The third-order valence-electron chi connectivity index (χ3n) is 2.54. The molecule has 0 fully saturated rings. The molecule has 0 aromatic heterocycles. The molecule has 1 N–H and O–H groups in total. The van der Waals surface area contributed by atoms with Gasteiger partial charge in [-0.2, -0.15) is 13.2 Å². The number of carbonyl (C=O) groups is 1. The molecule has 9 heteroatoms. The van der Waals surface area contributed by atoms with Gasteiger partial charge in [0, 0.05) is 6.54 Å². The number of benzene rings is 1. The minimum atomic E-state index is -4.80. The van der Waals surface area contributed by atoms with E-state index in [4.69, 9.17) is 5.11 Å². The summed E-state index contributed by atoms with van der Waals surface area (Å²) in [6, 6.07) is 1.14. The lowest BCUT2D eigenvalue weighted by atomic mass is 10.1. The first-order valence-corrected chi connectivity index (χ1v) is 5.72. The Balaban J connectivity index is 3.14. The maximum absolute atomic E-state index is 13.5. The number of amides is 1. The Morgan fingerprint density at radius 1 is 1.29 bits per heavy atom. The van der Waals surface area contributed by atoms with E-state index in [9.17, 15) is 31.1 Å². The highest BCUT2D eigenvalue weighted by molar-refractivity contribution is 5.94. The molecule has 1 amide bonds. The van der Waals surface area contributed by atoms with Crippen molar-refractivity contribution in [2.75, 3.05) is 19.7 Å². The largest absolute Gasteiger partial charge is 0.416 e. The first kappa shape index (κ1) is 17.3. The molecule has 0 radical (unpaired) electrons. The van der Waals surface area contributed by atoms with Crippen LogP contribution in [0.15, 0.2) is 18.2 Å². The van der Waals surface area contributed by atoms with Crippen LogP contribution in [0.3, 0.4) is 0 Å². The molecule has 118 valence electrons. The Bertz CT molecular complexity index is 503. The highest BCUT2D eigenvalue weighted by Crippen LogP contribution is 2.30. The fourth-order valence-corrected chi connectivity index (χ4v) is 1.60. The van der Waals surface area contributed by atoms with Gasteiger partial charge in [0.25, 0.3) is 12.3 Å². The van der Waals surface area contributed by atoms with Crippen LogP contribution in [0.2, 0.25) is 0 Å². The minimum absolute atomic E-state index is 0.257. The van der Waals surface area contributed by atoms with Crippen molar-refractivity contribution in [1.82, 2.24) is 4.90 Å². The van der Waals surface area contributed by atoms with Gasteiger partial charge in [0.15, 0.2) is 0 Å². The van der Waals surface area contributed by atoms with Crippen LogP contribution < -0.4 is 0 Å². The maximum Gasteiger partial charge on any atom is 0.416 e. The molecule has 0 saturated heterocycles. The molecule has 0 aliphatic heterocycles. The number of nitrogens with zero attached hydrogens (tertiary/aromatic N) is 1. The van der Waals surface area contributed by atoms with Gasteiger partial charge in [0.05, 0.1) is 24.3 Å². The third-order valence-corrected chi connectivity index (χ3v) is 2.54. The van der Waals surface area contributed by atoms with E-state index in [1.807, 2.05) is 0 Å². The molecule has 1 rings (SSSR count). The van der Waals surface area contributed by atoms with Crippen molar-refractivity contribution < 1.29 is 36.2 Å². The number of hydrogen-bond donors (Lipinski definition) is 1. The van der Waals surface area contributed by atoms with Crippen LogP contribution in [0, 0.1) is 5.82 Å². The SMILES string of the molecule is O=C(c1cc(C(F)(F)F)ccc1F)N(CCO)CC(F)F. The monoisotopic (exact) mass is 315 g/mol. The van der Waals surface area contributed by atoms with Crippen molar-refractivity contribution in [3.63, 3.8) is 0 Å². The van der Waals surface area contributed by atoms with Crippen LogP contribution in [0.4, 0.5) is 26.3 Å². The Morgan fingerprint density at radius 2 is 1.90 bits per heavy atom. The first-order valence-electron chi connectivity index (χ1n) is 5.72. The molecule has 3 nitrogen and oxygen atoms in total. The molecule has 0 atom stereocenters. The zero-order valence-corrected chi connectivity index (χ0v) is 10.5. The van der Waals surface area contributed by atoms with E-state index in [2.05, 4.69) is 0 Å². The number of alkyl halides is 5. The fraction of sp³-hybridized carbons (Fsp3) is 0.417. The van der Waals surface area contributed by atoms with E-state index >= 15 is 0 Å². The van der Waals surface area contributed by atoms with Gasteiger partial charge in [0.2, 0.25) is 0 Å². The zero-order chi connectivity index (χ0) is 16.2. The van der Waals surface area contributed by atoms with Crippen molar-refractivity contribution in [2.45, 2.75) is 12.6 Å². The second-order valence-corrected chi connectivity index (χ2v) is 4.06. The lowest BCUT2D eigenvalue weighted by Gasteiger charge is -2.22. The Labute approximate surface area is 115 Å². The van der Waals surface area contributed by atoms with Crippen molar-refractivity contribution >= 4 is 5.91 Å². The summed E-state index contributed by atoms with van der Waals surface area (Å²) < 4.78 is 75.6. The first-order chi connectivity index (χ1) is 9.66. The molecule has 0 heterocycles. The Morgan fingerprint density at radius 3 is 2.38 bits per heavy atom. The van der Waals surface area contributed by atoms with Crippen LogP contribution in [0.25, 0.3) is 0 Å². The molecule has 1 aromatic carbocycles. The summed E-state index contributed by atoms with van der Waals surface area (Å²) in [5.74, 6) is -2.60. The average Bonchev–Trinajstić information content (AvgIpc) is 2.36. The summed E-state index contributed by atoms with van der Waals surface area (Å²) in [4.78, 5) is 12.2. The lowest BCUT2D eigenvalue weighted by molar-refractivity contribution is -0.137. The molecule has 21 heavy (non-hydrogen) atoms. The predicted octanol–water partition coefficient (Wildman–Crippen LogP) is 2.54. The van der Waals surface area contributed by atoms with E-state index in [0.29, 0.717) is 17.0 Å². The van der Waals surface area contributed by atoms with Gasteiger partial charge in [-0.1, -0.05) is 0 Å². The highest BCUT2D eigenvalue weighted by Gasteiger charge is 2.32. The van der Waals surface area contributed by atoms with E-state index in [-0.39, 0.29) is 6.07 Å². The van der Waals surface area contributed by atoms with Crippen LogP contribution in [0.1, 0.15) is 15.9 Å². The van der Waals surface area contributed by atoms with E-state index in [0.717, 1.165) is 0 Å². The molecular formula is C12H11F6NO2. The average molecular weight is 315 g/mol. The summed E-state index contributed by atoms with van der Waals surface area (Å²) in [5, 5.41) is 8.69. The van der Waals surface area contributed by atoms with Gasteiger partial charge in [-0.05, 0) is 18.2 Å². The predicted molar refractivity (Wildman–Crippen MR) is 60.4 cm³/mol. The van der Waals surface area contributed by atoms with Gasteiger partial charge in [0.1, 0.15) is 5.82 Å². The molecule has 0 aliphatic carbocycles. The number of hydrogen-bond acceptors (Lipinski definition) is 2. The number of aliphatic hydroxyl groups excluding tert-OH is 1.